The molecule has 0 aromatic carbocycles. The van der Waals surface area contributed by atoms with Crippen molar-refractivity contribution in [3.8, 4) is 0 Å². The lowest BCUT2D eigenvalue weighted by atomic mass is 10.2. The van der Waals surface area contributed by atoms with E-state index in [0.29, 0.717) is 13.0 Å². The standard InChI is InChI=1S/C11H18N2O4S2/c1-13(8-3-4-19(15,16)7-8)11-12-9(6-17-2)10(5-14)18-11/h8,14H,3-7H2,1-2H3. The van der Waals surface area contributed by atoms with Gasteiger partial charge in [-0.3, -0.25) is 0 Å². The Labute approximate surface area is 116 Å². The predicted octanol–water partition coefficient (Wildman–Crippen LogP) is 0.405. The van der Waals surface area contributed by atoms with E-state index < -0.39 is 9.84 Å². The molecular weight excluding hydrogens is 288 g/mol. The van der Waals surface area contributed by atoms with Crippen molar-refractivity contribution in [2.24, 2.45) is 0 Å². The van der Waals surface area contributed by atoms with E-state index in [1.54, 1.807) is 7.11 Å². The van der Waals surface area contributed by atoms with Gasteiger partial charge in [-0.15, -0.1) is 0 Å². The van der Waals surface area contributed by atoms with E-state index in [4.69, 9.17) is 4.74 Å². The molecule has 1 aromatic heterocycles. The van der Waals surface area contributed by atoms with Gasteiger partial charge in [-0.25, -0.2) is 13.4 Å². The molecule has 1 aliphatic heterocycles. The maximum atomic E-state index is 11.5. The van der Waals surface area contributed by atoms with Crippen LogP contribution in [0, 0.1) is 0 Å². The Morgan fingerprint density at radius 2 is 2.32 bits per heavy atom. The molecule has 0 spiro atoms. The molecule has 1 fully saturated rings. The summed E-state index contributed by atoms with van der Waals surface area (Å²) in [5.41, 5.74) is 0.720. The molecule has 2 heterocycles. The Kier molecular flexibility index (Phi) is 4.44. The van der Waals surface area contributed by atoms with E-state index in [9.17, 15) is 13.5 Å². The summed E-state index contributed by atoms with van der Waals surface area (Å²) in [5, 5.41) is 10.0. The molecule has 1 aromatic rings. The molecule has 1 N–H and O–H groups in total. The zero-order chi connectivity index (χ0) is 14.0. The molecule has 8 heteroatoms. The van der Waals surface area contributed by atoms with E-state index in [2.05, 4.69) is 4.98 Å². The van der Waals surface area contributed by atoms with Gasteiger partial charge in [0.05, 0.1) is 35.3 Å². The minimum absolute atomic E-state index is 0.0295. The molecule has 1 saturated heterocycles. The number of methoxy groups -OCH3 is 1. The first-order valence-electron chi connectivity index (χ1n) is 5.98. The Hall–Kier alpha value is -0.700. The van der Waals surface area contributed by atoms with Crippen molar-refractivity contribution in [2.75, 3.05) is 30.6 Å². The predicted molar refractivity (Wildman–Crippen MR) is 74.2 cm³/mol. The number of thiazole rings is 1. The quantitative estimate of drug-likeness (QED) is 0.848. The van der Waals surface area contributed by atoms with Crippen LogP contribution in [0.5, 0.6) is 0 Å². The van der Waals surface area contributed by atoms with Crippen molar-refractivity contribution in [3.05, 3.63) is 10.6 Å². The van der Waals surface area contributed by atoms with E-state index in [1.807, 2.05) is 11.9 Å². The summed E-state index contributed by atoms with van der Waals surface area (Å²) in [7, 11) is 0.520. The number of nitrogens with zero attached hydrogens (tertiary/aromatic N) is 2. The zero-order valence-electron chi connectivity index (χ0n) is 11.0. The molecule has 1 aliphatic rings. The van der Waals surface area contributed by atoms with Gasteiger partial charge in [0.25, 0.3) is 0 Å². The molecule has 0 radical (unpaired) electrons. The minimum atomic E-state index is -2.91. The maximum absolute atomic E-state index is 11.5. The Morgan fingerprint density at radius 3 is 2.84 bits per heavy atom. The van der Waals surface area contributed by atoms with Gasteiger partial charge in [-0.2, -0.15) is 0 Å². The van der Waals surface area contributed by atoms with Crippen LogP contribution in [0.1, 0.15) is 17.0 Å². The molecule has 19 heavy (non-hydrogen) atoms. The highest BCUT2D eigenvalue weighted by molar-refractivity contribution is 7.91. The average molecular weight is 306 g/mol. The van der Waals surface area contributed by atoms with Crippen LogP contribution in [0.25, 0.3) is 0 Å². The van der Waals surface area contributed by atoms with Gasteiger partial charge >= 0.3 is 0 Å². The van der Waals surface area contributed by atoms with Gasteiger partial charge < -0.3 is 14.7 Å². The Morgan fingerprint density at radius 1 is 1.58 bits per heavy atom. The first-order chi connectivity index (χ1) is 8.96. The van der Waals surface area contributed by atoms with Crippen molar-refractivity contribution in [1.82, 2.24) is 4.98 Å². The van der Waals surface area contributed by atoms with Crippen LogP contribution in [0.2, 0.25) is 0 Å². The van der Waals surface area contributed by atoms with Crippen LogP contribution in [0.4, 0.5) is 5.13 Å². The lowest BCUT2D eigenvalue weighted by molar-refractivity contribution is 0.179. The third-order valence-corrected chi connectivity index (χ3v) is 6.17. The Bertz CT molecular complexity index is 541. The summed E-state index contributed by atoms with van der Waals surface area (Å²) in [6.07, 6.45) is 0.631. The van der Waals surface area contributed by atoms with Gasteiger partial charge in [0.15, 0.2) is 15.0 Å². The van der Waals surface area contributed by atoms with Crippen LogP contribution in [0.15, 0.2) is 0 Å². The van der Waals surface area contributed by atoms with Crippen LogP contribution in [0.3, 0.4) is 0 Å². The summed E-state index contributed by atoms with van der Waals surface area (Å²) >= 11 is 1.38. The molecule has 2 rings (SSSR count). The number of sulfone groups is 1. The number of anilines is 1. The highest BCUT2D eigenvalue weighted by atomic mass is 32.2. The van der Waals surface area contributed by atoms with Crippen molar-refractivity contribution < 1.29 is 18.3 Å². The topological polar surface area (TPSA) is 79.7 Å². The smallest absolute Gasteiger partial charge is 0.185 e. The van der Waals surface area contributed by atoms with Gasteiger partial charge in [0.1, 0.15) is 0 Å². The fraction of sp³-hybridized carbons (Fsp3) is 0.727. The summed E-state index contributed by atoms with van der Waals surface area (Å²) in [6.45, 7) is 0.274. The number of rotatable bonds is 5. The van der Waals surface area contributed by atoms with Crippen molar-refractivity contribution in [1.29, 1.82) is 0 Å². The lowest BCUT2D eigenvalue weighted by Gasteiger charge is -2.22. The fourth-order valence-electron chi connectivity index (χ4n) is 2.13. The van der Waals surface area contributed by atoms with Crippen molar-refractivity contribution in [3.63, 3.8) is 0 Å². The maximum Gasteiger partial charge on any atom is 0.185 e. The van der Waals surface area contributed by atoms with Crippen molar-refractivity contribution in [2.45, 2.75) is 25.7 Å². The fourth-order valence-corrected chi connectivity index (χ4v) is 4.86. The number of hydrogen-bond acceptors (Lipinski definition) is 7. The van der Waals surface area contributed by atoms with E-state index >= 15 is 0 Å². The SMILES string of the molecule is COCc1nc(N(C)C2CCS(=O)(=O)C2)sc1CO. The molecule has 108 valence electrons. The molecular formula is C11H18N2O4S2. The largest absolute Gasteiger partial charge is 0.391 e. The monoisotopic (exact) mass is 306 g/mol. The summed E-state index contributed by atoms with van der Waals surface area (Å²) in [6, 6.07) is -0.0295. The van der Waals surface area contributed by atoms with E-state index in [-0.39, 0.29) is 24.2 Å². The number of aliphatic hydroxyl groups excluding tert-OH is 1. The van der Waals surface area contributed by atoms with Crippen LogP contribution >= 0.6 is 11.3 Å². The Balaban J connectivity index is 2.17. The average Bonchev–Trinajstić information content (AvgIpc) is 2.92. The van der Waals surface area contributed by atoms with E-state index in [0.717, 1.165) is 15.7 Å². The first-order valence-corrected chi connectivity index (χ1v) is 8.62. The molecule has 0 aliphatic carbocycles. The molecule has 0 saturated carbocycles. The van der Waals surface area contributed by atoms with Gasteiger partial charge in [0, 0.05) is 20.2 Å². The summed E-state index contributed by atoms with van der Waals surface area (Å²) in [5.74, 6) is 0.419. The van der Waals surface area contributed by atoms with Crippen LogP contribution in [-0.2, 0) is 27.8 Å². The van der Waals surface area contributed by atoms with Crippen LogP contribution in [-0.4, -0.2) is 50.2 Å². The minimum Gasteiger partial charge on any atom is -0.391 e. The van der Waals surface area contributed by atoms with Crippen LogP contribution < -0.4 is 4.90 Å². The lowest BCUT2D eigenvalue weighted by Crippen LogP contribution is -2.32. The second-order valence-electron chi connectivity index (χ2n) is 4.63. The molecule has 1 unspecified atom stereocenters. The third-order valence-electron chi connectivity index (χ3n) is 3.25. The van der Waals surface area contributed by atoms with E-state index in [1.165, 1.54) is 11.3 Å². The second-order valence-corrected chi connectivity index (χ2v) is 7.92. The summed E-state index contributed by atoms with van der Waals surface area (Å²) < 4.78 is 28.0. The zero-order valence-corrected chi connectivity index (χ0v) is 12.6. The van der Waals surface area contributed by atoms with Crippen molar-refractivity contribution >= 4 is 26.3 Å². The number of aliphatic hydroxyl groups is 1. The highest BCUT2D eigenvalue weighted by Crippen LogP contribution is 2.30. The molecule has 1 atom stereocenters. The number of ether oxygens (including phenoxy) is 1. The second kappa shape index (κ2) is 5.74. The van der Waals surface area contributed by atoms with Gasteiger partial charge in [-0.05, 0) is 6.42 Å². The normalized spacial score (nSPS) is 21.7. The number of hydrogen-bond donors (Lipinski definition) is 1. The first kappa shape index (κ1) is 14.7. The molecule has 0 amide bonds. The number of aromatic nitrogens is 1. The third kappa shape index (κ3) is 3.25. The molecule has 6 nitrogen and oxygen atoms in total. The summed E-state index contributed by atoms with van der Waals surface area (Å²) in [4.78, 5) is 7.09. The highest BCUT2D eigenvalue weighted by Gasteiger charge is 2.32. The van der Waals surface area contributed by atoms with Gasteiger partial charge in [-0.1, -0.05) is 11.3 Å². The molecule has 0 bridgehead atoms. The van der Waals surface area contributed by atoms with Gasteiger partial charge in [0.2, 0.25) is 0 Å².